The van der Waals surface area contributed by atoms with E-state index in [4.69, 9.17) is 36.3 Å². The SMILES string of the molecule is CCOC(=O)c1sc(N)c(C#N)c1COC(=O)c1cc(Cl)c2c(c1)OCO2. The molecule has 0 spiro atoms. The van der Waals surface area contributed by atoms with Crippen LogP contribution >= 0.6 is 22.9 Å². The average molecular weight is 409 g/mol. The van der Waals surface area contributed by atoms with Gasteiger partial charge in [0.25, 0.3) is 0 Å². The van der Waals surface area contributed by atoms with E-state index in [9.17, 15) is 14.9 Å². The fourth-order valence-electron chi connectivity index (χ4n) is 2.41. The standard InChI is InChI=1S/C17H13ClN2O6S/c1-2-23-17(22)14-10(9(5-19)15(20)27-14)6-24-16(21)8-3-11(18)13-12(4-8)25-7-26-13/h3-4H,2,6-7,20H2,1H3. The van der Waals surface area contributed by atoms with Crippen LogP contribution in [0.2, 0.25) is 5.02 Å². The van der Waals surface area contributed by atoms with Crippen LogP contribution < -0.4 is 15.2 Å². The minimum atomic E-state index is -0.710. The molecule has 1 aromatic heterocycles. The third kappa shape index (κ3) is 3.63. The van der Waals surface area contributed by atoms with E-state index in [0.717, 1.165) is 11.3 Å². The Hall–Kier alpha value is -2.96. The predicted octanol–water partition coefficient (Wildman–Crippen LogP) is 3.12. The smallest absolute Gasteiger partial charge is 0.348 e. The lowest BCUT2D eigenvalue weighted by molar-refractivity contribution is 0.0452. The summed E-state index contributed by atoms with van der Waals surface area (Å²) in [6.07, 6.45) is 0. The van der Waals surface area contributed by atoms with Gasteiger partial charge in [-0.05, 0) is 19.1 Å². The first-order valence-electron chi connectivity index (χ1n) is 7.70. The quantitative estimate of drug-likeness (QED) is 0.749. The lowest BCUT2D eigenvalue weighted by atomic mass is 10.1. The predicted molar refractivity (Wildman–Crippen MR) is 96.1 cm³/mol. The Kier molecular flexibility index (Phi) is 5.39. The zero-order chi connectivity index (χ0) is 19.6. The lowest BCUT2D eigenvalue weighted by Crippen LogP contribution is -2.10. The summed E-state index contributed by atoms with van der Waals surface area (Å²) in [6.45, 7) is 1.50. The summed E-state index contributed by atoms with van der Waals surface area (Å²) in [5.41, 5.74) is 6.22. The molecule has 1 aliphatic rings. The molecular formula is C17H13ClN2O6S. The van der Waals surface area contributed by atoms with E-state index >= 15 is 0 Å². The summed E-state index contributed by atoms with van der Waals surface area (Å²) in [7, 11) is 0. The minimum absolute atomic E-state index is 0.0101. The van der Waals surface area contributed by atoms with E-state index < -0.39 is 11.9 Å². The topological polar surface area (TPSA) is 121 Å². The maximum atomic E-state index is 12.4. The van der Waals surface area contributed by atoms with E-state index in [0.29, 0.717) is 11.5 Å². The van der Waals surface area contributed by atoms with Crippen molar-refractivity contribution >= 4 is 39.9 Å². The normalized spacial score (nSPS) is 11.7. The van der Waals surface area contributed by atoms with Crippen LogP contribution in [-0.2, 0) is 16.1 Å². The summed E-state index contributed by atoms with van der Waals surface area (Å²) in [5, 5.41) is 9.65. The zero-order valence-electron chi connectivity index (χ0n) is 14.0. The summed E-state index contributed by atoms with van der Waals surface area (Å²) < 4.78 is 20.6. The first-order valence-corrected chi connectivity index (χ1v) is 8.90. The van der Waals surface area contributed by atoms with Crippen LogP contribution in [0.25, 0.3) is 0 Å². The number of nitrogens with zero attached hydrogens (tertiary/aromatic N) is 1. The molecule has 0 bridgehead atoms. The van der Waals surface area contributed by atoms with E-state index in [1.54, 1.807) is 6.92 Å². The number of ether oxygens (including phenoxy) is 4. The van der Waals surface area contributed by atoms with Crippen LogP contribution in [0, 0.1) is 11.3 Å². The van der Waals surface area contributed by atoms with Crippen LogP contribution in [0.5, 0.6) is 11.5 Å². The molecule has 1 aliphatic heterocycles. The molecule has 0 unspecified atom stereocenters. The highest BCUT2D eigenvalue weighted by Crippen LogP contribution is 2.40. The Bertz CT molecular complexity index is 965. The second kappa shape index (κ2) is 7.73. The first kappa shape index (κ1) is 18.8. The van der Waals surface area contributed by atoms with Gasteiger partial charge in [-0.2, -0.15) is 5.26 Å². The fourth-order valence-corrected chi connectivity index (χ4v) is 3.60. The molecular weight excluding hydrogens is 396 g/mol. The average Bonchev–Trinajstić information content (AvgIpc) is 3.24. The highest BCUT2D eigenvalue weighted by atomic mass is 35.5. The van der Waals surface area contributed by atoms with E-state index in [2.05, 4.69) is 0 Å². The number of benzene rings is 1. The zero-order valence-corrected chi connectivity index (χ0v) is 15.6. The molecule has 1 aromatic carbocycles. The highest BCUT2D eigenvalue weighted by molar-refractivity contribution is 7.18. The van der Waals surface area contributed by atoms with Gasteiger partial charge in [-0.1, -0.05) is 11.6 Å². The fraction of sp³-hybridized carbons (Fsp3) is 0.235. The van der Waals surface area contributed by atoms with Crippen molar-refractivity contribution in [2.24, 2.45) is 0 Å². The minimum Gasteiger partial charge on any atom is -0.462 e. The number of anilines is 1. The molecule has 140 valence electrons. The third-order valence-corrected chi connectivity index (χ3v) is 4.94. The van der Waals surface area contributed by atoms with Gasteiger partial charge < -0.3 is 24.7 Å². The Labute approximate surface area is 162 Å². The van der Waals surface area contributed by atoms with E-state index in [1.807, 2.05) is 6.07 Å². The summed E-state index contributed by atoms with van der Waals surface area (Å²) in [4.78, 5) is 24.6. The van der Waals surface area contributed by atoms with Gasteiger partial charge in [0, 0.05) is 5.56 Å². The Morgan fingerprint density at radius 2 is 2.11 bits per heavy atom. The molecule has 3 rings (SSSR count). The Balaban J connectivity index is 1.83. The third-order valence-electron chi connectivity index (χ3n) is 3.62. The van der Waals surface area contributed by atoms with Crippen molar-refractivity contribution in [3.8, 4) is 17.6 Å². The maximum absolute atomic E-state index is 12.4. The molecule has 0 aliphatic carbocycles. The number of esters is 2. The van der Waals surface area contributed by atoms with Gasteiger partial charge in [-0.3, -0.25) is 0 Å². The number of carbonyl (C=O) groups is 2. The van der Waals surface area contributed by atoms with Crippen molar-refractivity contribution in [1.29, 1.82) is 5.26 Å². The van der Waals surface area contributed by atoms with Crippen molar-refractivity contribution < 1.29 is 28.5 Å². The van der Waals surface area contributed by atoms with E-state index in [-0.39, 0.29) is 51.6 Å². The second-order valence-electron chi connectivity index (χ2n) is 5.25. The van der Waals surface area contributed by atoms with E-state index in [1.165, 1.54) is 12.1 Å². The summed E-state index contributed by atoms with van der Waals surface area (Å²) in [5.74, 6) is -0.652. The number of hydrogen-bond acceptors (Lipinski definition) is 9. The number of carbonyl (C=O) groups excluding carboxylic acids is 2. The number of halogens is 1. The Morgan fingerprint density at radius 3 is 2.81 bits per heavy atom. The molecule has 0 saturated heterocycles. The van der Waals surface area contributed by atoms with Crippen molar-refractivity contribution in [2.45, 2.75) is 13.5 Å². The number of nitrogens with two attached hydrogens (primary N) is 1. The van der Waals surface area contributed by atoms with Crippen molar-refractivity contribution in [3.05, 3.63) is 38.7 Å². The molecule has 2 N–H and O–H groups in total. The van der Waals surface area contributed by atoms with Crippen LogP contribution in [-0.4, -0.2) is 25.3 Å². The molecule has 0 amide bonds. The number of nitriles is 1. The summed E-state index contributed by atoms with van der Waals surface area (Å²) in [6, 6.07) is 4.74. The van der Waals surface area contributed by atoms with Crippen molar-refractivity contribution in [2.75, 3.05) is 19.1 Å². The van der Waals surface area contributed by atoms with Gasteiger partial charge in [-0.15, -0.1) is 11.3 Å². The lowest BCUT2D eigenvalue weighted by Gasteiger charge is -2.08. The molecule has 2 aromatic rings. The van der Waals surface area contributed by atoms with Gasteiger partial charge in [-0.25, -0.2) is 9.59 Å². The number of thiophene rings is 1. The molecule has 8 nitrogen and oxygen atoms in total. The Morgan fingerprint density at radius 1 is 1.33 bits per heavy atom. The first-order chi connectivity index (χ1) is 13.0. The van der Waals surface area contributed by atoms with Crippen LogP contribution in [0.4, 0.5) is 5.00 Å². The molecule has 27 heavy (non-hydrogen) atoms. The van der Waals surface area contributed by atoms with Crippen LogP contribution in [0.3, 0.4) is 0 Å². The van der Waals surface area contributed by atoms with Crippen molar-refractivity contribution in [3.63, 3.8) is 0 Å². The van der Waals surface area contributed by atoms with Crippen LogP contribution in [0.15, 0.2) is 12.1 Å². The largest absolute Gasteiger partial charge is 0.462 e. The van der Waals surface area contributed by atoms with Gasteiger partial charge in [0.15, 0.2) is 11.5 Å². The monoisotopic (exact) mass is 408 g/mol. The molecule has 0 radical (unpaired) electrons. The molecule has 0 atom stereocenters. The molecule has 0 saturated carbocycles. The highest BCUT2D eigenvalue weighted by Gasteiger charge is 2.25. The van der Waals surface area contributed by atoms with Gasteiger partial charge in [0.1, 0.15) is 22.6 Å². The number of nitrogen functional groups attached to an aromatic ring is 1. The number of rotatable bonds is 5. The molecule has 2 heterocycles. The maximum Gasteiger partial charge on any atom is 0.348 e. The number of hydrogen-bond donors (Lipinski definition) is 1. The molecule has 10 heteroatoms. The van der Waals surface area contributed by atoms with Gasteiger partial charge in [0.2, 0.25) is 6.79 Å². The number of fused-ring (bicyclic) bond motifs is 1. The summed E-state index contributed by atoms with van der Waals surface area (Å²) >= 11 is 6.97. The van der Waals surface area contributed by atoms with Gasteiger partial charge in [0.05, 0.1) is 22.8 Å². The molecule has 0 fully saturated rings. The second-order valence-corrected chi connectivity index (χ2v) is 6.71. The van der Waals surface area contributed by atoms with Crippen LogP contribution in [0.1, 0.15) is 38.1 Å². The van der Waals surface area contributed by atoms with Gasteiger partial charge >= 0.3 is 11.9 Å². The van der Waals surface area contributed by atoms with Crippen molar-refractivity contribution in [1.82, 2.24) is 0 Å².